The van der Waals surface area contributed by atoms with Crippen molar-refractivity contribution in [1.82, 2.24) is 19.1 Å². The van der Waals surface area contributed by atoms with Crippen molar-refractivity contribution in [3.8, 4) is 22.6 Å². The van der Waals surface area contributed by atoms with E-state index in [-0.39, 0.29) is 11.3 Å². The first-order chi connectivity index (χ1) is 17.8. The summed E-state index contributed by atoms with van der Waals surface area (Å²) in [7, 11) is 3.54. The summed E-state index contributed by atoms with van der Waals surface area (Å²) in [6, 6.07) is 8.72. The number of alkyl halides is 3. The quantitative estimate of drug-likeness (QED) is 0.301. The molecule has 0 radical (unpaired) electrons. The topological polar surface area (TPSA) is 102 Å². The van der Waals surface area contributed by atoms with E-state index in [2.05, 4.69) is 9.97 Å². The van der Waals surface area contributed by atoms with Gasteiger partial charge in [0.25, 0.3) is 5.56 Å². The molecule has 5 aromatic rings. The van der Waals surface area contributed by atoms with Crippen LogP contribution in [0.2, 0.25) is 0 Å². The minimum atomic E-state index is -5.08. The van der Waals surface area contributed by atoms with Crippen molar-refractivity contribution >= 4 is 27.9 Å². The molecule has 5 rings (SSSR count). The Morgan fingerprint density at radius 1 is 1.08 bits per heavy atom. The molecule has 0 fully saturated rings. The van der Waals surface area contributed by atoms with E-state index in [4.69, 9.17) is 14.6 Å². The van der Waals surface area contributed by atoms with E-state index in [9.17, 15) is 26.7 Å². The van der Waals surface area contributed by atoms with Crippen molar-refractivity contribution in [2.24, 2.45) is 14.1 Å². The van der Waals surface area contributed by atoms with Crippen LogP contribution in [-0.4, -0.2) is 36.4 Å². The molecule has 13 heteroatoms. The highest BCUT2D eigenvalue weighted by Crippen LogP contribution is 2.41. The van der Waals surface area contributed by atoms with Gasteiger partial charge in [-0.25, -0.2) is 18.6 Å². The molecule has 0 bridgehead atoms. The molecule has 0 aliphatic heterocycles. The van der Waals surface area contributed by atoms with Crippen molar-refractivity contribution in [3.63, 3.8) is 0 Å². The van der Waals surface area contributed by atoms with Crippen molar-refractivity contribution < 1.29 is 36.6 Å². The molecule has 0 spiro atoms. The Balaban J connectivity index is 0.000000426. The lowest BCUT2D eigenvalue weighted by Gasteiger charge is -2.15. The molecule has 2 aromatic carbocycles. The maximum atomic E-state index is 14.4. The van der Waals surface area contributed by atoms with E-state index >= 15 is 0 Å². The number of aromatic nitrogens is 4. The average Bonchev–Trinajstić information content (AvgIpc) is 3.44. The summed E-state index contributed by atoms with van der Waals surface area (Å²) in [5.41, 5.74) is 2.99. The lowest BCUT2D eigenvalue weighted by molar-refractivity contribution is -0.192. The summed E-state index contributed by atoms with van der Waals surface area (Å²) in [6.07, 6.45) is -1.68. The number of aromatic amines is 1. The first kappa shape index (κ1) is 26.4. The van der Waals surface area contributed by atoms with Crippen LogP contribution in [0.1, 0.15) is 5.82 Å². The standard InChI is InChI=1S/C23H18F2N4O2.C2HF3O2/c1-12-27-21-18(29(12)3)6-5-15(22(21)31-19-7-4-13(24)10-17(19)25)16-11-28(2)23(30)20-14(16)8-9-26-20;3-2(4,5)1(6)7/h4-11,26H,1-3H3;(H,6,7). The number of H-pyrrole nitrogens is 1. The van der Waals surface area contributed by atoms with E-state index in [0.29, 0.717) is 27.7 Å². The molecule has 0 saturated heterocycles. The van der Waals surface area contributed by atoms with E-state index in [0.717, 1.165) is 29.0 Å². The Labute approximate surface area is 210 Å². The smallest absolute Gasteiger partial charge is 0.475 e. The molecule has 0 amide bonds. The van der Waals surface area contributed by atoms with E-state index in [1.807, 2.05) is 36.7 Å². The number of carboxylic acid groups (broad SMARTS) is 1. The minimum absolute atomic E-state index is 0.117. The number of aliphatic carboxylic acids is 1. The molecule has 2 N–H and O–H groups in total. The third kappa shape index (κ3) is 4.82. The zero-order valence-corrected chi connectivity index (χ0v) is 20.0. The van der Waals surface area contributed by atoms with E-state index < -0.39 is 23.8 Å². The number of hydrogen-bond acceptors (Lipinski definition) is 4. The average molecular weight is 534 g/mol. The van der Waals surface area contributed by atoms with Gasteiger partial charge in [0.1, 0.15) is 22.7 Å². The number of aryl methyl sites for hydroxylation is 3. The third-order valence-electron chi connectivity index (χ3n) is 5.76. The van der Waals surface area contributed by atoms with Crippen LogP contribution in [0.4, 0.5) is 22.0 Å². The summed E-state index contributed by atoms with van der Waals surface area (Å²) < 4.78 is 69.0. The Morgan fingerprint density at radius 2 is 1.76 bits per heavy atom. The summed E-state index contributed by atoms with van der Waals surface area (Å²) >= 11 is 0. The van der Waals surface area contributed by atoms with Gasteiger partial charge in [0.2, 0.25) is 0 Å². The highest BCUT2D eigenvalue weighted by molar-refractivity contribution is 6.00. The van der Waals surface area contributed by atoms with Crippen molar-refractivity contribution in [2.75, 3.05) is 0 Å². The lowest BCUT2D eigenvalue weighted by atomic mass is 10.0. The number of pyridine rings is 1. The van der Waals surface area contributed by atoms with Crippen molar-refractivity contribution in [3.05, 3.63) is 76.6 Å². The highest BCUT2D eigenvalue weighted by Gasteiger charge is 2.38. The van der Waals surface area contributed by atoms with Crippen LogP contribution >= 0.6 is 0 Å². The number of hydrogen-bond donors (Lipinski definition) is 2. The zero-order chi connectivity index (χ0) is 27.9. The van der Waals surface area contributed by atoms with Gasteiger partial charge in [0.05, 0.1) is 5.52 Å². The summed E-state index contributed by atoms with van der Waals surface area (Å²) in [4.78, 5) is 29.0. The highest BCUT2D eigenvalue weighted by atomic mass is 19.4. The SMILES string of the molecule is Cc1nc2c(Oc3ccc(F)cc3F)c(-c3cn(C)c(=O)c4[nH]ccc34)ccc2n1C.O=C(O)C(F)(F)F. The van der Waals surface area contributed by atoms with Gasteiger partial charge >= 0.3 is 12.1 Å². The Morgan fingerprint density at radius 3 is 2.39 bits per heavy atom. The van der Waals surface area contributed by atoms with Gasteiger partial charge in [0, 0.05) is 49.1 Å². The number of nitrogens with zero attached hydrogens (tertiary/aromatic N) is 3. The Hall–Kier alpha value is -4.68. The van der Waals surface area contributed by atoms with Gasteiger partial charge in [-0.3, -0.25) is 4.79 Å². The van der Waals surface area contributed by atoms with Gasteiger partial charge in [-0.2, -0.15) is 13.2 Å². The van der Waals surface area contributed by atoms with Crippen molar-refractivity contribution in [1.29, 1.82) is 0 Å². The Bertz CT molecular complexity index is 1750. The Kier molecular flexibility index (Phi) is 6.70. The second kappa shape index (κ2) is 9.65. The first-order valence-electron chi connectivity index (χ1n) is 10.9. The monoisotopic (exact) mass is 534 g/mol. The fourth-order valence-electron chi connectivity index (χ4n) is 3.82. The van der Waals surface area contributed by atoms with E-state index in [1.54, 1.807) is 19.4 Å². The number of benzene rings is 2. The van der Waals surface area contributed by atoms with Gasteiger partial charge in [-0.15, -0.1) is 0 Å². The van der Waals surface area contributed by atoms with Crippen LogP contribution in [0.3, 0.4) is 0 Å². The molecular weight excluding hydrogens is 515 g/mol. The number of nitrogens with one attached hydrogen (secondary N) is 1. The third-order valence-corrected chi connectivity index (χ3v) is 5.76. The maximum absolute atomic E-state index is 14.4. The number of carboxylic acids is 1. The van der Waals surface area contributed by atoms with Crippen LogP contribution in [0.5, 0.6) is 11.5 Å². The molecule has 8 nitrogen and oxygen atoms in total. The van der Waals surface area contributed by atoms with Gasteiger partial charge in [-0.05, 0) is 37.3 Å². The van der Waals surface area contributed by atoms with Gasteiger partial charge in [-0.1, -0.05) is 0 Å². The molecule has 0 unspecified atom stereocenters. The lowest BCUT2D eigenvalue weighted by Crippen LogP contribution is -2.21. The predicted molar refractivity (Wildman–Crippen MR) is 128 cm³/mol. The van der Waals surface area contributed by atoms with Crippen LogP contribution in [0.25, 0.3) is 33.1 Å². The molecule has 0 saturated carbocycles. The molecule has 3 aromatic heterocycles. The number of rotatable bonds is 3. The first-order valence-corrected chi connectivity index (χ1v) is 10.9. The number of carbonyl (C=O) groups is 1. The molecule has 38 heavy (non-hydrogen) atoms. The second-order valence-corrected chi connectivity index (χ2v) is 8.23. The van der Waals surface area contributed by atoms with Crippen molar-refractivity contribution in [2.45, 2.75) is 13.1 Å². The zero-order valence-electron chi connectivity index (χ0n) is 20.0. The minimum Gasteiger partial charge on any atom is -0.475 e. The fourth-order valence-corrected chi connectivity index (χ4v) is 3.82. The number of fused-ring (bicyclic) bond motifs is 2. The fraction of sp³-hybridized carbons (Fsp3) is 0.160. The van der Waals surface area contributed by atoms with Crippen LogP contribution in [0, 0.1) is 18.6 Å². The number of ether oxygens (including phenoxy) is 1. The second-order valence-electron chi connectivity index (χ2n) is 8.23. The number of halogens is 5. The maximum Gasteiger partial charge on any atom is 0.490 e. The summed E-state index contributed by atoms with van der Waals surface area (Å²) in [5, 5.41) is 7.83. The molecule has 198 valence electrons. The molecular formula is C25H19F5N4O4. The molecule has 0 aliphatic carbocycles. The van der Waals surface area contributed by atoms with Gasteiger partial charge < -0.3 is 24.0 Å². The summed E-state index contributed by atoms with van der Waals surface area (Å²) in [5.74, 6) is -3.30. The van der Waals surface area contributed by atoms with E-state index in [1.165, 1.54) is 10.6 Å². The normalized spacial score (nSPS) is 11.5. The van der Waals surface area contributed by atoms with Crippen LogP contribution in [-0.2, 0) is 18.9 Å². The van der Waals surface area contributed by atoms with Crippen LogP contribution < -0.4 is 10.3 Å². The molecule has 3 heterocycles. The largest absolute Gasteiger partial charge is 0.490 e. The number of imidazole rings is 1. The van der Waals surface area contributed by atoms with Gasteiger partial charge in [0.15, 0.2) is 17.3 Å². The predicted octanol–water partition coefficient (Wildman–Crippen LogP) is 5.43. The molecule has 0 atom stereocenters. The van der Waals surface area contributed by atoms with Crippen LogP contribution in [0.15, 0.2) is 53.6 Å². The summed E-state index contributed by atoms with van der Waals surface area (Å²) in [6.45, 7) is 1.86. The molecule has 0 aliphatic rings.